The van der Waals surface area contributed by atoms with Crippen LogP contribution in [-0.2, 0) is 13.1 Å². The van der Waals surface area contributed by atoms with Crippen molar-refractivity contribution in [2.45, 2.75) is 44.9 Å². The minimum absolute atomic E-state index is 0.437. The van der Waals surface area contributed by atoms with Crippen molar-refractivity contribution in [3.63, 3.8) is 0 Å². The number of rotatable bonds is 5. The smallest absolute Gasteiger partial charge is 0.191 e. The molecule has 1 aliphatic rings. The van der Waals surface area contributed by atoms with Crippen LogP contribution in [0.4, 0.5) is 0 Å². The molecule has 0 bridgehead atoms. The van der Waals surface area contributed by atoms with Crippen LogP contribution in [0.3, 0.4) is 0 Å². The third kappa shape index (κ3) is 4.97. The second-order valence-corrected chi connectivity index (χ2v) is 8.08. The summed E-state index contributed by atoms with van der Waals surface area (Å²) in [4.78, 5) is 11.5. The largest absolute Gasteiger partial charge is 0.354 e. The van der Waals surface area contributed by atoms with Gasteiger partial charge in [0.15, 0.2) is 5.96 Å². The average molecular weight is 402 g/mol. The highest BCUT2D eigenvalue weighted by atomic mass is 15.2. The second-order valence-electron chi connectivity index (χ2n) is 8.08. The van der Waals surface area contributed by atoms with E-state index in [1.165, 1.54) is 16.5 Å². The first-order valence-corrected chi connectivity index (χ1v) is 10.8. The summed E-state index contributed by atoms with van der Waals surface area (Å²) >= 11 is 0. The van der Waals surface area contributed by atoms with Gasteiger partial charge in [0.05, 0.1) is 5.52 Å². The fraction of sp³-hybridized carbons (Fsp3) is 0.360. The molecule has 0 saturated carbocycles. The van der Waals surface area contributed by atoms with Crippen LogP contribution in [0.1, 0.15) is 30.9 Å². The number of pyridine rings is 1. The molecule has 2 aromatic carbocycles. The normalized spacial score (nSPS) is 20.3. The Morgan fingerprint density at radius 3 is 2.70 bits per heavy atom. The van der Waals surface area contributed by atoms with Crippen LogP contribution in [0.15, 0.2) is 71.9 Å². The van der Waals surface area contributed by atoms with Gasteiger partial charge in [-0.05, 0) is 43.0 Å². The Morgan fingerprint density at radius 1 is 1.10 bits per heavy atom. The number of fused-ring (bicyclic) bond motifs is 1. The maximum absolute atomic E-state index is 4.45. The quantitative estimate of drug-likeness (QED) is 0.502. The lowest BCUT2D eigenvalue weighted by Crippen LogP contribution is -2.51. The van der Waals surface area contributed by atoms with Gasteiger partial charge in [0, 0.05) is 50.3 Å². The number of para-hydroxylation sites is 1. The lowest BCUT2D eigenvalue weighted by atomic mass is 9.97. The van der Waals surface area contributed by atoms with Gasteiger partial charge in [-0.25, -0.2) is 0 Å². The Balaban J connectivity index is 1.31. The van der Waals surface area contributed by atoms with Crippen LogP contribution >= 0.6 is 0 Å². The maximum atomic E-state index is 4.45. The summed E-state index contributed by atoms with van der Waals surface area (Å²) in [5.74, 6) is 0.865. The van der Waals surface area contributed by atoms with Crippen LogP contribution in [0, 0.1) is 0 Å². The van der Waals surface area contributed by atoms with Crippen molar-refractivity contribution < 1.29 is 0 Å². The highest BCUT2D eigenvalue weighted by Crippen LogP contribution is 2.20. The number of nitrogens with one attached hydrogen (secondary N) is 2. The molecule has 2 heterocycles. The molecule has 156 valence electrons. The molecule has 5 nitrogen and oxygen atoms in total. The van der Waals surface area contributed by atoms with E-state index in [-0.39, 0.29) is 0 Å². The van der Waals surface area contributed by atoms with Crippen molar-refractivity contribution in [1.29, 1.82) is 0 Å². The zero-order valence-corrected chi connectivity index (χ0v) is 17.9. The molecule has 1 aliphatic heterocycles. The third-order valence-electron chi connectivity index (χ3n) is 5.99. The van der Waals surface area contributed by atoms with Crippen LogP contribution in [-0.4, -0.2) is 41.5 Å². The van der Waals surface area contributed by atoms with Crippen molar-refractivity contribution in [1.82, 2.24) is 20.5 Å². The summed E-state index contributed by atoms with van der Waals surface area (Å²) in [5, 5.41) is 8.31. The van der Waals surface area contributed by atoms with E-state index in [0.717, 1.165) is 44.0 Å². The van der Waals surface area contributed by atoms with Crippen LogP contribution in [0.25, 0.3) is 10.9 Å². The van der Waals surface area contributed by atoms with E-state index in [1.54, 1.807) is 0 Å². The molecule has 3 aromatic rings. The van der Waals surface area contributed by atoms with E-state index in [2.05, 4.69) is 87.0 Å². The first-order chi connectivity index (χ1) is 14.7. The molecule has 2 atom stereocenters. The topological polar surface area (TPSA) is 52.6 Å². The van der Waals surface area contributed by atoms with Crippen molar-refractivity contribution in [2.75, 3.05) is 13.6 Å². The van der Waals surface area contributed by atoms with Gasteiger partial charge < -0.3 is 10.6 Å². The Morgan fingerprint density at radius 2 is 1.90 bits per heavy atom. The molecule has 2 N–H and O–H groups in total. The van der Waals surface area contributed by atoms with E-state index < -0.39 is 0 Å². The number of aromatic nitrogens is 1. The predicted octanol–water partition coefficient (Wildman–Crippen LogP) is 3.95. The molecule has 0 aliphatic carbocycles. The Labute approximate surface area is 179 Å². The number of benzene rings is 2. The van der Waals surface area contributed by atoms with Crippen LogP contribution in [0.2, 0.25) is 0 Å². The molecule has 0 amide bonds. The van der Waals surface area contributed by atoms with Crippen molar-refractivity contribution >= 4 is 16.9 Å². The zero-order valence-electron chi connectivity index (χ0n) is 17.9. The minimum atomic E-state index is 0.437. The Hall–Kier alpha value is -2.92. The van der Waals surface area contributed by atoms with E-state index in [1.807, 2.05) is 19.3 Å². The molecule has 4 rings (SSSR count). The number of aliphatic imine (C=N–C) groups is 1. The lowest BCUT2D eigenvalue weighted by Gasteiger charge is -2.38. The second kappa shape index (κ2) is 9.72. The van der Waals surface area contributed by atoms with Gasteiger partial charge in [0.1, 0.15) is 0 Å². The van der Waals surface area contributed by atoms with Crippen LogP contribution in [0.5, 0.6) is 0 Å². The standard InChI is InChI=1S/C25H31N5/c1-19-16-22(13-15-30(19)18-20-8-4-3-5-9-20)29-25(26-2)28-17-21-12-14-27-24-11-7-6-10-23(21)24/h3-12,14,19,22H,13,15-18H2,1-2H3,(H2,26,28,29). The Bertz CT molecular complexity index is 980. The van der Waals surface area contributed by atoms with Crippen molar-refractivity contribution in [2.24, 2.45) is 4.99 Å². The molecule has 30 heavy (non-hydrogen) atoms. The molecule has 0 spiro atoms. The SMILES string of the molecule is CN=C(NCc1ccnc2ccccc12)NC1CCN(Cc2ccccc2)C(C)C1. The summed E-state index contributed by atoms with van der Waals surface area (Å²) in [5.41, 5.74) is 3.65. The third-order valence-corrected chi connectivity index (χ3v) is 5.99. The molecule has 1 aromatic heterocycles. The van der Waals surface area contributed by atoms with Gasteiger partial charge in [0.25, 0.3) is 0 Å². The molecule has 1 saturated heterocycles. The molecule has 1 fully saturated rings. The number of piperidine rings is 1. The van der Waals surface area contributed by atoms with Gasteiger partial charge in [-0.2, -0.15) is 0 Å². The summed E-state index contributed by atoms with van der Waals surface area (Å²) in [7, 11) is 1.84. The summed E-state index contributed by atoms with van der Waals surface area (Å²) in [6.07, 6.45) is 4.11. The number of hydrogen-bond acceptors (Lipinski definition) is 3. The molecule has 2 unspecified atom stereocenters. The predicted molar refractivity (Wildman–Crippen MR) is 124 cm³/mol. The van der Waals surface area contributed by atoms with Gasteiger partial charge in [-0.3, -0.25) is 14.9 Å². The van der Waals surface area contributed by atoms with Crippen LogP contribution < -0.4 is 10.6 Å². The zero-order chi connectivity index (χ0) is 20.8. The molecular formula is C25H31N5. The number of guanidine groups is 1. The molecule has 0 radical (unpaired) electrons. The van der Waals surface area contributed by atoms with Crippen molar-refractivity contribution in [3.8, 4) is 0 Å². The maximum Gasteiger partial charge on any atom is 0.191 e. The summed E-state index contributed by atoms with van der Waals surface area (Å²) in [6.45, 7) is 5.18. The fourth-order valence-electron chi connectivity index (χ4n) is 4.28. The first kappa shape index (κ1) is 20.4. The summed E-state index contributed by atoms with van der Waals surface area (Å²) in [6, 6.07) is 22.1. The Kier molecular flexibility index (Phi) is 6.60. The first-order valence-electron chi connectivity index (χ1n) is 10.8. The highest BCUT2D eigenvalue weighted by molar-refractivity contribution is 5.83. The number of nitrogens with zero attached hydrogens (tertiary/aromatic N) is 3. The van der Waals surface area contributed by atoms with E-state index >= 15 is 0 Å². The highest BCUT2D eigenvalue weighted by Gasteiger charge is 2.25. The van der Waals surface area contributed by atoms with E-state index in [9.17, 15) is 0 Å². The number of hydrogen-bond donors (Lipinski definition) is 2. The van der Waals surface area contributed by atoms with Crippen molar-refractivity contribution in [3.05, 3.63) is 78.0 Å². The summed E-state index contributed by atoms with van der Waals surface area (Å²) < 4.78 is 0. The van der Waals surface area contributed by atoms with E-state index in [4.69, 9.17) is 0 Å². The minimum Gasteiger partial charge on any atom is -0.354 e. The molecular weight excluding hydrogens is 370 g/mol. The van der Waals surface area contributed by atoms with Gasteiger partial charge in [0.2, 0.25) is 0 Å². The monoisotopic (exact) mass is 401 g/mol. The average Bonchev–Trinajstić information content (AvgIpc) is 2.79. The lowest BCUT2D eigenvalue weighted by molar-refractivity contribution is 0.134. The van der Waals surface area contributed by atoms with Gasteiger partial charge in [-0.1, -0.05) is 48.5 Å². The van der Waals surface area contributed by atoms with E-state index in [0.29, 0.717) is 12.1 Å². The van der Waals surface area contributed by atoms with Gasteiger partial charge >= 0.3 is 0 Å². The fourth-order valence-corrected chi connectivity index (χ4v) is 4.28. The van der Waals surface area contributed by atoms with Gasteiger partial charge in [-0.15, -0.1) is 0 Å². The number of likely N-dealkylation sites (tertiary alicyclic amines) is 1. The molecule has 5 heteroatoms.